The molecule has 8 heteroatoms. The van der Waals surface area contributed by atoms with Crippen molar-refractivity contribution >= 4 is 11.6 Å². The van der Waals surface area contributed by atoms with Gasteiger partial charge in [0.25, 0.3) is 5.56 Å². The lowest BCUT2D eigenvalue weighted by Crippen LogP contribution is -2.48. The maximum Gasteiger partial charge on any atom is 0.264 e. The second kappa shape index (κ2) is 7.78. The average Bonchev–Trinajstić information content (AvgIpc) is 2.67. The first-order valence-electron chi connectivity index (χ1n) is 8.23. The van der Waals surface area contributed by atoms with Crippen molar-refractivity contribution in [1.29, 1.82) is 0 Å². The Kier molecular flexibility index (Phi) is 5.27. The number of aryl methyl sites for hydroxylation is 1. The standard InChI is InChI=1S/C17H21N5O3/c1-25-16-6-4-14(12-18-16)21-8-10-22(11-9-21)17(24)7-3-13-2-5-15(23)20-19-13/h2,4-6,12H,3,7-11H2,1H3,(H,20,23). The Labute approximate surface area is 145 Å². The number of aromatic amines is 1. The number of H-pyrrole nitrogens is 1. The van der Waals surface area contributed by atoms with Gasteiger partial charge in [0.1, 0.15) is 0 Å². The van der Waals surface area contributed by atoms with Crippen LogP contribution in [0.2, 0.25) is 0 Å². The van der Waals surface area contributed by atoms with E-state index in [0.29, 0.717) is 31.8 Å². The number of carbonyl (C=O) groups excluding carboxylic acids is 1. The van der Waals surface area contributed by atoms with Crippen LogP contribution in [-0.4, -0.2) is 59.3 Å². The Hall–Kier alpha value is -2.90. The van der Waals surface area contributed by atoms with Crippen molar-refractivity contribution in [3.05, 3.63) is 46.5 Å². The molecule has 3 rings (SSSR count). The molecule has 1 aliphatic rings. The highest BCUT2D eigenvalue weighted by Crippen LogP contribution is 2.18. The molecule has 1 amide bonds. The van der Waals surface area contributed by atoms with Crippen LogP contribution in [0.15, 0.2) is 35.3 Å². The van der Waals surface area contributed by atoms with Crippen molar-refractivity contribution in [3.63, 3.8) is 0 Å². The molecule has 2 aromatic heterocycles. The van der Waals surface area contributed by atoms with E-state index in [1.165, 1.54) is 6.07 Å². The average molecular weight is 343 g/mol. The summed E-state index contributed by atoms with van der Waals surface area (Å²) in [5, 5.41) is 6.31. The molecule has 0 aliphatic carbocycles. The number of rotatable bonds is 5. The van der Waals surface area contributed by atoms with Crippen molar-refractivity contribution in [1.82, 2.24) is 20.1 Å². The third kappa shape index (κ3) is 4.34. The van der Waals surface area contributed by atoms with Gasteiger partial charge in [0.2, 0.25) is 11.8 Å². The first-order valence-corrected chi connectivity index (χ1v) is 8.23. The van der Waals surface area contributed by atoms with Crippen molar-refractivity contribution in [2.24, 2.45) is 0 Å². The summed E-state index contributed by atoms with van der Waals surface area (Å²) in [5.41, 5.74) is 1.51. The summed E-state index contributed by atoms with van der Waals surface area (Å²) in [7, 11) is 1.59. The monoisotopic (exact) mass is 343 g/mol. The van der Waals surface area contributed by atoms with Crippen LogP contribution >= 0.6 is 0 Å². The first-order chi connectivity index (χ1) is 12.2. The Bertz CT molecular complexity index is 746. The molecule has 1 saturated heterocycles. The van der Waals surface area contributed by atoms with Crippen LogP contribution < -0.4 is 15.2 Å². The van der Waals surface area contributed by atoms with Crippen molar-refractivity contribution in [3.8, 4) is 5.88 Å². The van der Waals surface area contributed by atoms with Gasteiger partial charge in [0, 0.05) is 51.2 Å². The smallest absolute Gasteiger partial charge is 0.264 e. The van der Waals surface area contributed by atoms with Crippen molar-refractivity contribution in [2.45, 2.75) is 12.8 Å². The Balaban J connectivity index is 1.48. The van der Waals surface area contributed by atoms with E-state index in [2.05, 4.69) is 20.1 Å². The molecular formula is C17H21N5O3. The topological polar surface area (TPSA) is 91.4 Å². The number of nitrogens with one attached hydrogen (secondary N) is 1. The van der Waals surface area contributed by atoms with Crippen LogP contribution in [0.25, 0.3) is 0 Å². The van der Waals surface area contributed by atoms with Gasteiger partial charge in [0.15, 0.2) is 0 Å². The number of nitrogens with zero attached hydrogens (tertiary/aromatic N) is 4. The lowest BCUT2D eigenvalue weighted by molar-refractivity contribution is -0.131. The molecule has 2 aromatic rings. The molecule has 8 nitrogen and oxygen atoms in total. The number of pyridine rings is 1. The molecule has 0 saturated carbocycles. The third-order valence-electron chi connectivity index (χ3n) is 4.26. The molecule has 0 spiro atoms. The number of piperazine rings is 1. The molecule has 132 valence electrons. The number of anilines is 1. The Morgan fingerprint density at radius 1 is 1.20 bits per heavy atom. The number of ether oxygens (including phenoxy) is 1. The lowest BCUT2D eigenvalue weighted by atomic mass is 10.2. The van der Waals surface area contributed by atoms with Crippen LogP contribution in [-0.2, 0) is 11.2 Å². The summed E-state index contributed by atoms with van der Waals surface area (Å²) in [6, 6.07) is 6.89. The zero-order valence-electron chi connectivity index (χ0n) is 14.1. The summed E-state index contributed by atoms with van der Waals surface area (Å²) in [5.74, 6) is 0.703. The van der Waals surface area contributed by atoms with Gasteiger partial charge >= 0.3 is 0 Å². The number of carbonyl (C=O) groups is 1. The van der Waals surface area contributed by atoms with Crippen LogP contribution in [0, 0.1) is 0 Å². The molecular weight excluding hydrogens is 322 g/mol. The predicted molar refractivity (Wildman–Crippen MR) is 92.8 cm³/mol. The molecule has 3 heterocycles. The fourth-order valence-corrected chi connectivity index (χ4v) is 2.80. The van der Waals surface area contributed by atoms with Crippen molar-refractivity contribution in [2.75, 3.05) is 38.2 Å². The lowest BCUT2D eigenvalue weighted by Gasteiger charge is -2.36. The number of amides is 1. The summed E-state index contributed by atoms with van der Waals surface area (Å²) in [6.45, 7) is 2.92. The Morgan fingerprint density at radius 2 is 2.00 bits per heavy atom. The van der Waals surface area contributed by atoms with Gasteiger partial charge in [-0.05, 0) is 12.1 Å². The number of hydrogen-bond donors (Lipinski definition) is 1. The quantitative estimate of drug-likeness (QED) is 0.848. The van der Waals surface area contributed by atoms with E-state index in [1.54, 1.807) is 19.4 Å². The van der Waals surface area contributed by atoms with E-state index in [4.69, 9.17) is 4.74 Å². The zero-order chi connectivity index (χ0) is 17.6. The number of methoxy groups -OCH3 is 1. The van der Waals surface area contributed by atoms with Gasteiger partial charge in [-0.25, -0.2) is 10.1 Å². The minimum Gasteiger partial charge on any atom is -0.481 e. The van der Waals surface area contributed by atoms with Gasteiger partial charge in [0.05, 0.1) is 24.7 Å². The highest BCUT2D eigenvalue weighted by Gasteiger charge is 2.21. The third-order valence-corrected chi connectivity index (χ3v) is 4.26. The van der Waals surface area contributed by atoms with Crippen LogP contribution in [0.4, 0.5) is 5.69 Å². The van der Waals surface area contributed by atoms with Crippen molar-refractivity contribution < 1.29 is 9.53 Å². The summed E-state index contributed by atoms with van der Waals surface area (Å²) in [6.07, 6.45) is 2.71. The molecule has 0 radical (unpaired) electrons. The maximum atomic E-state index is 12.3. The number of aromatic nitrogens is 3. The van der Waals surface area contributed by atoms with Crippen LogP contribution in [0.3, 0.4) is 0 Å². The van der Waals surface area contributed by atoms with Gasteiger partial charge in [-0.3, -0.25) is 9.59 Å². The fourth-order valence-electron chi connectivity index (χ4n) is 2.80. The van der Waals surface area contributed by atoms with E-state index in [0.717, 1.165) is 24.5 Å². The normalized spacial score (nSPS) is 14.4. The van der Waals surface area contributed by atoms with E-state index in [1.807, 2.05) is 17.0 Å². The molecule has 1 aliphatic heterocycles. The van der Waals surface area contributed by atoms with E-state index in [-0.39, 0.29) is 11.5 Å². The van der Waals surface area contributed by atoms with E-state index < -0.39 is 0 Å². The highest BCUT2D eigenvalue weighted by atomic mass is 16.5. The molecule has 0 aromatic carbocycles. The zero-order valence-corrected chi connectivity index (χ0v) is 14.1. The predicted octanol–water partition coefficient (Wildman–Crippen LogP) is 0.455. The molecule has 25 heavy (non-hydrogen) atoms. The molecule has 1 fully saturated rings. The second-order valence-electron chi connectivity index (χ2n) is 5.84. The first kappa shape index (κ1) is 16.9. The Morgan fingerprint density at radius 3 is 2.60 bits per heavy atom. The molecule has 0 atom stereocenters. The fraction of sp³-hybridized carbons (Fsp3) is 0.412. The van der Waals surface area contributed by atoms with Gasteiger partial charge in [-0.15, -0.1) is 0 Å². The SMILES string of the molecule is COc1ccc(N2CCN(C(=O)CCc3ccc(=O)[nH]n3)CC2)cn1. The van der Waals surface area contributed by atoms with Gasteiger partial charge < -0.3 is 14.5 Å². The second-order valence-corrected chi connectivity index (χ2v) is 5.84. The highest BCUT2D eigenvalue weighted by molar-refractivity contribution is 5.76. The van der Waals surface area contributed by atoms with Crippen LogP contribution in [0.1, 0.15) is 12.1 Å². The minimum absolute atomic E-state index is 0.112. The van der Waals surface area contributed by atoms with Crippen LogP contribution in [0.5, 0.6) is 5.88 Å². The number of hydrogen-bond acceptors (Lipinski definition) is 6. The minimum atomic E-state index is -0.237. The van der Waals surface area contributed by atoms with E-state index in [9.17, 15) is 9.59 Å². The van der Waals surface area contributed by atoms with E-state index >= 15 is 0 Å². The largest absolute Gasteiger partial charge is 0.481 e. The summed E-state index contributed by atoms with van der Waals surface area (Å²) < 4.78 is 5.07. The molecule has 0 bridgehead atoms. The maximum absolute atomic E-state index is 12.3. The molecule has 0 unspecified atom stereocenters. The summed E-state index contributed by atoms with van der Waals surface area (Å²) in [4.78, 5) is 31.6. The summed E-state index contributed by atoms with van der Waals surface area (Å²) >= 11 is 0. The van der Waals surface area contributed by atoms with Gasteiger partial charge in [-0.1, -0.05) is 0 Å². The van der Waals surface area contributed by atoms with Gasteiger partial charge in [-0.2, -0.15) is 5.10 Å². The molecule has 1 N–H and O–H groups in total.